The van der Waals surface area contributed by atoms with E-state index in [0.29, 0.717) is 6.54 Å². The maximum atomic E-state index is 12.3. The number of phosphoric ester groups is 1. The fourth-order valence-electron chi connectivity index (χ4n) is 2.43. The van der Waals surface area contributed by atoms with Crippen LogP contribution in [0.15, 0.2) is 12.3 Å². The number of nitrogens with zero attached hydrogens (tertiary/aromatic N) is 2. The van der Waals surface area contributed by atoms with Crippen LogP contribution in [-0.4, -0.2) is 79.7 Å². The molecule has 132 valence electrons. The second-order valence-electron chi connectivity index (χ2n) is 5.14. The zero-order chi connectivity index (χ0) is 17.4. The van der Waals surface area contributed by atoms with Gasteiger partial charge in [-0.25, -0.2) is 9.36 Å². The topological polar surface area (TPSA) is 166 Å². The van der Waals surface area contributed by atoms with Crippen molar-refractivity contribution < 1.29 is 38.6 Å². The Labute approximate surface area is 132 Å². The van der Waals surface area contributed by atoms with Crippen LogP contribution in [0.25, 0.3) is 0 Å². The predicted octanol–water partition coefficient (Wildman–Crippen LogP) is -1.90. The molecule has 2 aliphatic heterocycles. The monoisotopic (exact) mass is 353 g/mol. The third-order valence-electron chi connectivity index (χ3n) is 3.63. The maximum absolute atomic E-state index is 12.3. The summed E-state index contributed by atoms with van der Waals surface area (Å²) >= 11 is 0. The highest BCUT2D eigenvalue weighted by atomic mass is 31.2. The lowest BCUT2D eigenvalue weighted by atomic mass is 10.1. The number of urea groups is 1. The Morgan fingerprint density at radius 3 is 2.61 bits per heavy atom. The van der Waals surface area contributed by atoms with E-state index in [1.807, 2.05) is 0 Å². The van der Waals surface area contributed by atoms with Crippen LogP contribution in [-0.2, 0) is 13.8 Å². The van der Waals surface area contributed by atoms with Gasteiger partial charge in [0.1, 0.15) is 24.5 Å². The van der Waals surface area contributed by atoms with Crippen molar-refractivity contribution in [2.75, 3.05) is 13.2 Å². The summed E-state index contributed by atoms with van der Waals surface area (Å²) in [7, 11) is -4.74. The van der Waals surface area contributed by atoms with Crippen molar-refractivity contribution >= 4 is 13.9 Å². The van der Waals surface area contributed by atoms with Crippen LogP contribution in [0.1, 0.15) is 6.92 Å². The molecule has 11 nitrogen and oxygen atoms in total. The summed E-state index contributed by atoms with van der Waals surface area (Å²) in [6, 6.07) is -0.518. The van der Waals surface area contributed by atoms with Crippen molar-refractivity contribution in [3.8, 4) is 0 Å². The van der Waals surface area contributed by atoms with E-state index >= 15 is 0 Å². The predicted molar refractivity (Wildman–Crippen MR) is 75.4 cm³/mol. The molecular weight excluding hydrogens is 333 g/mol. The molecule has 0 aromatic heterocycles. The first-order chi connectivity index (χ1) is 10.7. The molecule has 12 heteroatoms. The summed E-state index contributed by atoms with van der Waals surface area (Å²) < 4.78 is 20.3. The van der Waals surface area contributed by atoms with E-state index in [4.69, 9.17) is 20.3 Å². The Morgan fingerprint density at radius 2 is 2.04 bits per heavy atom. The van der Waals surface area contributed by atoms with Gasteiger partial charge >= 0.3 is 13.9 Å². The number of likely N-dealkylation sites (N-methyl/N-ethyl adjacent to an activating group) is 1. The number of rotatable bonds is 5. The number of aliphatic hydroxyl groups is 2. The number of nitrogens with two attached hydrogens (primary N) is 1. The number of carbonyl (C=O) groups is 1. The third-order valence-corrected chi connectivity index (χ3v) is 4.11. The molecule has 23 heavy (non-hydrogen) atoms. The molecule has 1 fully saturated rings. The summed E-state index contributed by atoms with van der Waals surface area (Å²) in [5.74, 6) is 0. The van der Waals surface area contributed by atoms with E-state index in [0.717, 1.165) is 4.90 Å². The van der Waals surface area contributed by atoms with Crippen LogP contribution in [0.5, 0.6) is 0 Å². The van der Waals surface area contributed by atoms with E-state index < -0.39 is 51.2 Å². The second kappa shape index (κ2) is 6.83. The van der Waals surface area contributed by atoms with Gasteiger partial charge in [-0.15, -0.1) is 0 Å². The molecule has 6 N–H and O–H groups in total. The molecule has 0 bridgehead atoms. The Morgan fingerprint density at radius 1 is 1.39 bits per heavy atom. The number of aliphatic hydroxyl groups excluding tert-OH is 2. The summed E-state index contributed by atoms with van der Waals surface area (Å²) in [5.41, 5.74) is 5.76. The zero-order valence-electron chi connectivity index (χ0n) is 12.3. The minimum Gasteiger partial charge on any atom is -0.387 e. The van der Waals surface area contributed by atoms with Gasteiger partial charge in [-0.1, -0.05) is 0 Å². The van der Waals surface area contributed by atoms with Crippen molar-refractivity contribution in [1.82, 2.24) is 9.80 Å². The molecule has 0 aromatic carbocycles. The van der Waals surface area contributed by atoms with Crippen molar-refractivity contribution in [3.63, 3.8) is 0 Å². The second-order valence-corrected chi connectivity index (χ2v) is 6.38. The van der Waals surface area contributed by atoms with Crippen LogP contribution in [0, 0.1) is 0 Å². The quantitative estimate of drug-likeness (QED) is 0.355. The minimum absolute atomic E-state index is 0.330. The zero-order valence-corrected chi connectivity index (χ0v) is 13.2. The molecule has 2 heterocycles. The highest BCUT2D eigenvalue weighted by Crippen LogP contribution is 2.37. The van der Waals surface area contributed by atoms with E-state index in [-0.39, 0.29) is 0 Å². The van der Waals surface area contributed by atoms with Gasteiger partial charge in [0.25, 0.3) is 0 Å². The van der Waals surface area contributed by atoms with Crippen molar-refractivity contribution in [1.29, 1.82) is 0 Å². The largest absolute Gasteiger partial charge is 0.469 e. The summed E-state index contributed by atoms with van der Waals surface area (Å²) in [6.45, 7) is 1.42. The van der Waals surface area contributed by atoms with Crippen molar-refractivity contribution in [2.24, 2.45) is 5.73 Å². The Kier molecular flexibility index (Phi) is 5.44. The minimum atomic E-state index is -4.74. The molecule has 2 amide bonds. The number of phosphoric acid groups is 1. The Bertz CT molecular complexity index is 525. The van der Waals surface area contributed by atoms with Crippen molar-refractivity contribution in [2.45, 2.75) is 37.6 Å². The van der Waals surface area contributed by atoms with Gasteiger partial charge < -0.3 is 35.4 Å². The molecule has 0 aliphatic carbocycles. The molecule has 0 saturated carbocycles. The molecular formula is C11H20N3O8P. The Balaban J connectivity index is 2.10. The first-order valence-corrected chi connectivity index (χ1v) is 8.43. The molecule has 1 unspecified atom stereocenters. The van der Waals surface area contributed by atoms with Crippen molar-refractivity contribution in [3.05, 3.63) is 12.3 Å². The molecule has 0 aromatic rings. The molecule has 2 aliphatic rings. The van der Waals surface area contributed by atoms with Gasteiger partial charge in [0.05, 0.1) is 6.61 Å². The summed E-state index contributed by atoms with van der Waals surface area (Å²) in [4.78, 5) is 32.1. The molecule has 5 atom stereocenters. The number of carbonyl (C=O) groups excluding carboxylic acids is 1. The maximum Gasteiger partial charge on any atom is 0.469 e. The van der Waals surface area contributed by atoms with E-state index in [2.05, 4.69) is 4.52 Å². The fraction of sp³-hybridized carbons (Fsp3) is 0.727. The van der Waals surface area contributed by atoms with Gasteiger partial charge in [-0.3, -0.25) is 9.42 Å². The van der Waals surface area contributed by atoms with Gasteiger partial charge in [0, 0.05) is 12.7 Å². The van der Waals surface area contributed by atoms with Crippen LogP contribution >= 0.6 is 7.82 Å². The third kappa shape index (κ3) is 3.90. The molecule has 0 spiro atoms. The summed E-state index contributed by atoms with van der Waals surface area (Å²) in [6.07, 6.45) is -3.12. The Hall–Kier alpha value is -1.04. The van der Waals surface area contributed by atoms with Gasteiger partial charge in [-0.2, -0.15) is 0 Å². The molecule has 1 saturated heterocycles. The number of hydrogen-bond acceptors (Lipinski definition) is 7. The lowest BCUT2D eigenvalue weighted by Gasteiger charge is -2.38. The first kappa shape index (κ1) is 18.3. The molecule has 0 radical (unpaired) electrons. The van der Waals surface area contributed by atoms with E-state index in [1.54, 1.807) is 6.92 Å². The number of amides is 2. The van der Waals surface area contributed by atoms with E-state index in [1.165, 1.54) is 17.2 Å². The average Bonchev–Trinajstić information content (AvgIpc) is 2.73. The number of ether oxygens (including phenoxy) is 1. The first-order valence-electron chi connectivity index (χ1n) is 6.90. The van der Waals surface area contributed by atoms with Gasteiger partial charge in [0.15, 0.2) is 6.23 Å². The van der Waals surface area contributed by atoms with Gasteiger partial charge in [0.2, 0.25) is 0 Å². The average molecular weight is 353 g/mol. The van der Waals surface area contributed by atoms with Gasteiger partial charge in [-0.05, 0) is 13.0 Å². The molecule has 2 rings (SSSR count). The van der Waals surface area contributed by atoms with Crippen LogP contribution in [0.3, 0.4) is 0 Å². The fourth-order valence-corrected chi connectivity index (χ4v) is 2.77. The lowest BCUT2D eigenvalue weighted by molar-refractivity contribution is -0.0705. The highest BCUT2D eigenvalue weighted by molar-refractivity contribution is 7.46. The SMILES string of the molecule is CCN1C(=O)N([C@@H]2O[C@H](COP(=O)(O)O)[C@@H](O)[C@H]2O)C=CC1N. The lowest BCUT2D eigenvalue weighted by Crippen LogP contribution is -2.57. The van der Waals surface area contributed by atoms with Crippen LogP contribution in [0.4, 0.5) is 4.79 Å². The standard InChI is InChI=1S/C11H20N3O8P/c1-2-13-7(12)3-4-14(11(13)17)10-9(16)8(15)6(22-10)5-21-23(18,19)20/h3-4,6-10,15-16H,2,5,12H2,1H3,(H2,18,19,20)/t6-,7?,8-,9-,10-/m1/s1. The highest BCUT2D eigenvalue weighted by Gasteiger charge is 2.48. The summed E-state index contributed by atoms with van der Waals surface area (Å²) in [5, 5.41) is 20.0. The smallest absolute Gasteiger partial charge is 0.387 e. The van der Waals surface area contributed by atoms with Crippen LogP contribution < -0.4 is 5.73 Å². The normalized spacial score (nSPS) is 35.2. The number of hydrogen-bond donors (Lipinski definition) is 5. The van der Waals surface area contributed by atoms with Crippen LogP contribution in [0.2, 0.25) is 0 Å². The van der Waals surface area contributed by atoms with E-state index in [9.17, 15) is 19.6 Å².